The van der Waals surface area contributed by atoms with Gasteiger partial charge in [-0.15, -0.1) is 39.5 Å². The van der Waals surface area contributed by atoms with E-state index in [4.69, 9.17) is 74.5 Å². The van der Waals surface area contributed by atoms with E-state index in [1.807, 2.05) is 14.7 Å². The van der Waals surface area contributed by atoms with Crippen molar-refractivity contribution in [1.82, 2.24) is 14.7 Å². The fourth-order valence-corrected chi connectivity index (χ4v) is 2.50. The third kappa shape index (κ3) is 25.4. The molecule has 0 spiro atoms. The minimum atomic E-state index is 0. The molecule has 0 aliphatic carbocycles. The third-order valence-corrected chi connectivity index (χ3v) is 4.42. The first-order chi connectivity index (χ1) is 14.2. The Balaban J connectivity index is -0.000000174. The Hall–Kier alpha value is -0.711. The zero-order chi connectivity index (χ0) is 23.9. The van der Waals surface area contributed by atoms with Gasteiger partial charge >= 0.3 is 17.1 Å². The van der Waals surface area contributed by atoms with Crippen molar-refractivity contribution in [2.75, 3.05) is 39.3 Å². The number of hydrogen-bond donors (Lipinski definition) is 0. The molecule has 0 heterocycles. The van der Waals surface area contributed by atoms with Crippen LogP contribution in [0.2, 0.25) is 0 Å². The number of nitrogens with zero attached hydrogens (tertiary/aromatic N) is 3. The van der Waals surface area contributed by atoms with Gasteiger partial charge < -0.3 is 89.2 Å². The van der Waals surface area contributed by atoms with E-state index in [2.05, 4.69) is 39.5 Å². The second-order valence-electron chi connectivity index (χ2n) is 5.24. The van der Waals surface area contributed by atoms with Crippen LogP contribution in [-0.2, 0) is 55.0 Å². The zero-order valence-corrected chi connectivity index (χ0v) is 23.6. The largest absolute Gasteiger partial charge is 3.00 e. The van der Waals surface area contributed by atoms with E-state index in [1.54, 1.807) is 36.5 Å². The fraction of sp³-hybridized carbons (Fsp3) is 0.286. The van der Waals surface area contributed by atoms with Crippen molar-refractivity contribution in [1.29, 1.82) is 0 Å². The van der Waals surface area contributed by atoms with Crippen molar-refractivity contribution in [2.45, 2.75) is 0 Å². The fourth-order valence-electron chi connectivity index (χ4n) is 1.61. The molecule has 0 aromatic heterocycles. The maximum atomic E-state index is 4.79. The molecule has 0 amide bonds. The molecule has 1 radical (unpaired) electrons. The zero-order valence-electron chi connectivity index (χ0n) is 17.6. The van der Waals surface area contributed by atoms with Crippen molar-refractivity contribution in [2.24, 2.45) is 0 Å². The molecule has 0 saturated carbocycles. The summed E-state index contributed by atoms with van der Waals surface area (Å²) in [4.78, 5) is 5.51. The van der Waals surface area contributed by atoms with Crippen LogP contribution in [0.15, 0.2) is 75.9 Å². The first-order valence-electron chi connectivity index (χ1n) is 8.69. The van der Waals surface area contributed by atoms with Crippen LogP contribution >= 0.6 is 36.7 Å². The van der Waals surface area contributed by atoms with Crippen molar-refractivity contribution in [3.63, 3.8) is 0 Å². The Bertz CT molecular complexity index is 485. The van der Waals surface area contributed by atoms with Gasteiger partial charge in [0, 0.05) is 39.3 Å². The molecule has 0 aromatic rings. The summed E-state index contributed by atoms with van der Waals surface area (Å²) >= 11 is 28.8. The molecule has 173 valence electrons. The van der Waals surface area contributed by atoms with Crippen LogP contribution in [0.25, 0.3) is 0 Å². The number of thiocarbonyl (C=S) groups is 3. The van der Waals surface area contributed by atoms with E-state index in [0.717, 1.165) is 0 Å². The van der Waals surface area contributed by atoms with Gasteiger partial charge in [0.25, 0.3) is 0 Å². The summed E-state index contributed by atoms with van der Waals surface area (Å²) < 4.78 is 1.42. The summed E-state index contributed by atoms with van der Waals surface area (Å²) in [6, 6.07) is 0. The van der Waals surface area contributed by atoms with E-state index in [9.17, 15) is 0 Å². The van der Waals surface area contributed by atoms with Gasteiger partial charge in [0.15, 0.2) is 0 Å². The van der Waals surface area contributed by atoms with Gasteiger partial charge in [0.1, 0.15) is 0 Å². The molecule has 0 aliphatic rings. The number of rotatable bonds is 12. The monoisotopic (exact) mass is 572 g/mol. The third-order valence-electron chi connectivity index (χ3n) is 2.87. The average molecular weight is 573 g/mol. The minimum Gasteiger partial charge on any atom is -0.411 e. The molecule has 0 N–H and O–H groups in total. The molecule has 0 saturated heterocycles. The molecule has 0 fully saturated rings. The second kappa shape index (κ2) is 27.3. The van der Waals surface area contributed by atoms with Gasteiger partial charge in [-0.3, -0.25) is 0 Å². The Morgan fingerprint density at radius 3 is 0.677 bits per heavy atom. The quantitative estimate of drug-likeness (QED) is 0.144. The van der Waals surface area contributed by atoms with E-state index >= 15 is 0 Å². The first-order valence-corrected chi connectivity index (χ1v) is 11.1. The molecular formula is C21H30FeN3S6. The summed E-state index contributed by atoms with van der Waals surface area (Å²) in [6.45, 7) is 25.7. The Kier molecular flexibility index (Phi) is 33.1. The second-order valence-corrected chi connectivity index (χ2v) is 8.34. The van der Waals surface area contributed by atoms with Gasteiger partial charge in [-0.1, -0.05) is 49.4 Å². The molecule has 0 aromatic carbocycles. The van der Waals surface area contributed by atoms with Crippen LogP contribution in [0.1, 0.15) is 0 Å². The molecule has 3 nitrogen and oxygen atoms in total. The van der Waals surface area contributed by atoms with E-state index in [0.29, 0.717) is 52.2 Å². The maximum absolute atomic E-state index is 4.79. The van der Waals surface area contributed by atoms with Crippen molar-refractivity contribution in [3.8, 4) is 0 Å². The normalized spacial score (nSPS) is 8.13. The molecule has 0 aliphatic heterocycles. The summed E-state index contributed by atoms with van der Waals surface area (Å²) in [5.74, 6) is 0. The molecule has 10 heteroatoms. The topological polar surface area (TPSA) is 9.72 Å². The van der Waals surface area contributed by atoms with Crippen LogP contribution in [0, 0.1) is 0 Å². The molecule has 0 atom stereocenters. The van der Waals surface area contributed by atoms with Crippen molar-refractivity contribution >= 4 is 87.5 Å². The molecule has 31 heavy (non-hydrogen) atoms. The molecule has 0 bridgehead atoms. The predicted octanol–water partition coefficient (Wildman–Crippen LogP) is 4.47. The van der Waals surface area contributed by atoms with Gasteiger partial charge in [-0.2, -0.15) is 0 Å². The van der Waals surface area contributed by atoms with Gasteiger partial charge in [0.2, 0.25) is 0 Å². The molecule has 0 rings (SSSR count). The van der Waals surface area contributed by atoms with E-state index in [1.165, 1.54) is 0 Å². The minimum absolute atomic E-state index is 0. The van der Waals surface area contributed by atoms with E-state index in [-0.39, 0.29) is 17.1 Å². The summed E-state index contributed by atoms with van der Waals surface area (Å²) in [5.41, 5.74) is 0. The van der Waals surface area contributed by atoms with Crippen LogP contribution in [0.3, 0.4) is 0 Å². The van der Waals surface area contributed by atoms with Crippen LogP contribution in [0.4, 0.5) is 0 Å². The SMILES string of the molecule is C=CCN(CC=C)C(=S)[S-].C=CCN(CC=C)C(=S)[S-].C=CCN(CC=C)C(=S)[S-].[Fe+3]. The predicted molar refractivity (Wildman–Crippen MR) is 156 cm³/mol. The summed E-state index contributed by atoms with van der Waals surface area (Å²) in [5, 5.41) is 0. The maximum Gasteiger partial charge on any atom is 3.00 e. The summed E-state index contributed by atoms with van der Waals surface area (Å²) in [6.07, 6.45) is 10.6. The van der Waals surface area contributed by atoms with Crippen LogP contribution in [-0.4, -0.2) is 66.9 Å². The number of hydrogen-bond acceptors (Lipinski definition) is 6. The smallest absolute Gasteiger partial charge is 0.411 e. The average Bonchev–Trinajstić information content (AvgIpc) is 2.68. The Labute approximate surface area is 232 Å². The Morgan fingerprint density at radius 1 is 0.484 bits per heavy atom. The summed E-state index contributed by atoms with van der Waals surface area (Å²) in [7, 11) is 0. The van der Waals surface area contributed by atoms with Gasteiger partial charge in [-0.25, -0.2) is 0 Å². The molecular weight excluding hydrogens is 542 g/mol. The Morgan fingerprint density at radius 2 is 0.613 bits per heavy atom. The standard InChI is InChI=1S/3C7H11NS2.Fe/c3*1-3-5-8(6-4-2)7(9)10;/h3*3-4H,1-2,5-6H2,(H,9,10);/q;;;+3/p-3. The van der Waals surface area contributed by atoms with E-state index < -0.39 is 0 Å². The van der Waals surface area contributed by atoms with Gasteiger partial charge in [-0.05, 0) is 0 Å². The van der Waals surface area contributed by atoms with Crippen molar-refractivity contribution in [3.05, 3.63) is 75.9 Å². The van der Waals surface area contributed by atoms with Gasteiger partial charge in [0.05, 0.1) is 0 Å². The van der Waals surface area contributed by atoms with Crippen LogP contribution in [0.5, 0.6) is 0 Å². The van der Waals surface area contributed by atoms with Crippen molar-refractivity contribution < 1.29 is 17.1 Å². The first kappa shape index (κ1) is 37.6. The molecule has 0 unspecified atom stereocenters. The van der Waals surface area contributed by atoms with Crippen LogP contribution < -0.4 is 0 Å².